The largest absolute Gasteiger partial charge is 0.268 e. The van der Waals surface area contributed by atoms with Gasteiger partial charge >= 0.3 is 0 Å². The summed E-state index contributed by atoms with van der Waals surface area (Å²) in [6.07, 6.45) is 1.56. The number of hydrogen-bond donors (Lipinski definition) is 1. The molecule has 0 spiro atoms. The molecule has 0 atom stereocenters. The van der Waals surface area contributed by atoms with Gasteiger partial charge in [0.05, 0.1) is 6.54 Å². The third-order valence-corrected chi connectivity index (χ3v) is 3.04. The van der Waals surface area contributed by atoms with E-state index in [-0.39, 0.29) is 17.7 Å². The second kappa shape index (κ2) is 4.78. The first-order chi connectivity index (χ1) is 8.49. The summed E-state index contributed by atoms with van der Waals surface area (Å²) in [4.78, 5) is 27.5. The zero-order chi connectivity index (χ0) is 13.3. The Balaban J connectivity index is 2.48. The van der Waals surface area contributed by atoms with Crippen LogP contribution in [0.2, 0.25) is 5.15 Å². The normalized spacial score (nSPS) is 10.6. The fourth-order valence-electron chi connectivity index (χ4n) is 1.63. The van der Waals surface area contributed by atoms with E-state index < -0.39 is 0 Å². The number of pyridine rings is 1. The quantitative estimate of drug-likeness (QED) is 0.831. The van der Waals surface area contributed by atoms with Crippen LogP contribution in [0.4, 0.5) is 0 Å². The topological polar surface area (TPSA) is 67.8 Å². The number of aromatic amines is 1. The summed E-state index contributed by atoms with van der Waals surface area (Å²) in [5.74, 6) is 0. The SMILES string of the molecule is Cc1c(C)c(=O)n(Cc2ccnc(Cl)c2)[nH]c1=O. The smallest absolute Gasteiger partial charge is 0.268 e. The molecule has 0 aromatic carbocycles. The third kappa shape index (κ3) is 2.36. The van der Waals surface area contributed by atoms with Crippen LogP contribution in [-0.4, -0.2) is 14.8 Å². The second-order valence-electron chi connectivity index (χ2n) is 4.07. The fraction of sp³-hybridized carbons (Fsp3) is 0.250. The molecule has 2 aromatic heterocycles. The van der Waals surface area contributed by atoms with Gasteiger partial charge in [-0.05, 0) is 31.5 Å². The lowest BCUT2D eigenvalue weighted by Gasteiger charge is -2.08. The Kier molecular flexibility index (Phi) is 3.34. The van der Waals surface area contributed by atoms with E-state index in [2.05, 4.69) is 10.1 Å². The number of nitrogens with one attached hydrogen (secondary N) is 1. The number of H-pyrrole nitrogens is 1. The van der Waals surface area contributed by atoms with E-state index in [9.17, 15) is 9.59 Å². The molecule has 2 heterocycles. The highest BCUT2D eigenvalue weighted by Crippen LogP contribution is 2.07. The number of aromatic nitrogens is 3. The van der Waals surface area contributed by atoms with Crippen molar-refractivity contribution in [3.8, 4) is 0 Å². The Hall–Kier alpha value is -1.88. The van der Waals surface area contributed by atoms with Crippen molar-refractivity contribution in [1.29, 1.82) is 0 Å². The molecular formula is C12H12ClN3O2. The molecule has 0 aliphatic heterocycles. The van der Waals surface area contributed by atoms with Crippen LogP contribution >= 0.6 is 11.6 Å². The van der Waals surface area contributed by atoms with E-state index >= 15 is 0 Å². The van der Waals surface area contributed by atoms with Crippen molar-refractivity contribution in [2.45, 2.75) is 20.4 Å². The van der Waals surface area contributed by atoms with Gasteiger partial charge in [-0.1, -0.05) is 11.6 Å². The van der Waals surface area contributed by atoms with Gasteiger partial charge in [-0.15, -0.1) is 0 Å². The third-order valence-electron chi connectivity index (χ3n) is 2.84. The summed E-state index contributed by atoms with van der Waals surface area (Å²) in [5, 5.41) is 2.89. The molecule has 0 saturated heterocycles. The van der Waals surface area contributed by atoms with E-state index in [0.717, 1.165) is 5.56 Å². The van der Waals surface area contributed by atoms with Crippen molar-refractivity contribution in [2.24, 2.45) is 0 Å². The molecule has 0 saturated carbocycles. The van der Waals surface area contributed by atoms with Gasteiger partial charge in [0, 0.05) is 17.3 Å². The Morgan fingerprint density at radius 3 is 2.72 bits per heavy atom. The zero-order valence-electron chi connectivity index (χ0n) is 10.0. The Morgan fingerprint density at radius 1 is 1.33 bits per heavy atom. The van der Waals surface area contributed by atoms with Gasteiger partial charge in [0.25, 0.3) is 11.1 Å². The Bertz CT molecular complexity index is 703. The molecule has 6 heteroatoms. The summed E-state index contributed by atoms with van der Waals surface area (Å²) < 4.78 is 1.27. The summed E-state index contributed by atoms with van der Waals surface area (Å²) in [5.41, 5.74) is 1.24. The van der Waals surface area contributed by atoms with Gasteiger partial charge in [0.15, 0.2) is 0 Å². The fourth-order valence-corrected chi connectivity index (χ4v) is 1.82. The minimum atomic E-state index is -0.257. The van der Waals surface area contributed by atoms with E-state index in [4.69, 9.17) is 11.6 Å². The Morgan fingerprint density at radius 2 is 2.06 bits per heavy atom. The van der Waals surface area contributed by atoms with Crippen molar-refractivity contribution in [3.63, 3.8) is 0 Å². The summed E-state index contributed by atoms with van der Waals surface area (Å²) in [6.45, 7) is 3.53. The summed E-state index contributed by atoms with van der Waals surface area (Å²) in [6, 6.07) is 3.40. The van der Waals surface area contributed by atoms with Crippen LogP contribution in [0.1, 0.15) is 16.7 Å². The number of hydrogen-bond acceptors (Lipinski definition) is 3. The summed E-state index contributed by atoms with van der Waals surface area (Å²) in [7, 11) is 0. The highest BCUT2D eigenvalue weighted by molar-refractivity contribution is 6.29. The van der Waals surface area contributed by atoms with Crippen molar-refractivity contribution in [1.82, 2.24) is 14.8 Å². The lowest BCUT2D eigenvalue weighted by Crippen LogP contribution is -2.33. The van der Waals surface area contributed by atoms with Crippen molar-refractivity contribution in [2.75, 3.05) is 0 Å². The standard InChI is InChI=1S/C12H12ClN3O2/c1-7-8(2)12(18)16(15-11(7)17)6-9-3-4-14-10(13)5-9/h3-5H,6H2,1-2H3,(H,15,17). The maximum absolute atomic E-state index is 12.0. The van der Waals surface area contributed by atoms with Gasteiger partial charge in [-0.25, -0.2) is 9.67 Å². The molecule has 0 aliphatic rings. The molecule has 0 radical (unpaired) electrons. The van der Waals surface area contributed by atoms with E-state index in [0.29, 0.717) is 16.3 Å². The van der Waals surface area contributed by atoms with E-state index in [1.54, 1.807) is 32.2 Å². The molecule has 5 nitrogen and oxygen atoms in total. The average molecular weight is 266 g/mol. The Labute approximate surface area is 108 Å². The molecule has 0 fully saturated rings. The second-order valence-corrected chi connectivity index (χ2v) is 4.46. The predicted octanol–water partition coefficient (Wildman–Crippen LogP) is 1.25. The van der Waals surface area contributed by atoms with Crippen LogP contribution in [0.5, 0.6) is 0 Å². The van der Waals surface area contributed by atoms with Crippen LogP contribution in [0, 0.1) is 13.8 Å². The molecule has 94 valence electrons. The average Bonchev–Trinajstić information content (AvgIpc) is 2.33. The molecule has 2 aromatic rings. The van der Waals surface area contributed by atoms with Crippen LogP contribution in [0.25, 0.3) is 0 Å². The highest BCUT2D eigenvalue weighted by atomic mass is 35.5. The minimum Gasteiger partial charge on any atom is -0.268 e. The lowest BCUT2D eigenvalue weighted by atomic mass is 10.2. The minimum absolute atomic E-state index is 0.208. The first-order valence-electron chi connectivity index (χ1n) is 5.40. The number of nitrogens with zero attached hydrogens (tertiary/aromatic N) is 2. The molecule has 0 unspecified atom stereocenters. The maximum atomic E-state index is 12.0. The van der Waals surface area contributed by atoms with Crippen molar-refractivity contribution in [3.05, 3.63) is 60.9 Å². The van der Waals surface area contributed by atoms with Crippen LogP contribution < -0.4 is 11.1 Å². The van der Waals surface area contributed by atoms with Crippen molar-refractivity contribution < 1.29 is 0 Å². The molecule has 0 aliphatic carbocycles. The van der Waals surface area contributed by atoms with Gasteiger partial charge in [0.1, 0.15) is 5.15 Å². The van der Waals surface area contributed by atoms with E-state index in [1.807, 2.05) is 0 Å². The van der Waals surface area contributed by atoms with Crippen LogP contribution in [0.3, 0.4) is 0 Å². The lowest BCUT2D eigenvalue weighted by molar-refractivity contribution is 0.618. The molecular weight excluding hydrogens is 254 g/mol. The number of halogens is 1. The molecule has 0 amide bonds. The van der Waals surface area contributed by atoms with Gasteiger partial charge < -0.3 is 0 Å². The molecule has 2 rings (SSSR count). The first-order valence-corrected chi connectivity index (χ1v) is 5.77. The van der Waals surface area contributed by atoms with Crippen molar-refractivity contribution >= 4 is 11.6 Å². The molecule has 0 bridgehead atoms. The predicted molar refractivity (Wildman–Crippen MR) is 69.1 cm³/mol. The maximum Gasteiger partial charge on any atom is 0.268 e. The van der Waals surface area contributed by atoms with Crippen LogP contribution in [-0.2, 0) is 6.54 Å². The monoisotopic (exact) mass is 265 g/mol. The molecule has 18 heavy (non-hydrogen) atoms. The van der Waals surface area contributed by atoms with E-state index in [1.165, 1.54) is 4.68 Å². The van der Waals surface area contributed by atoms with Crippen LogP contribution in [0.15, 0.2) is 27.9 Å². The first kappa shape index (κ1) is 12.6. The molecule has 1 N–H and O–H groups in total. The van der Waals surface area contributed by atoms with Gasteiger partial charge in [0.2, 0.25) is 0 Å². The number of rotatable bonds is 2. The van der Waals surface area contributed by atoms with Gasteiger partial charge in [-0.2, -0.15) is 0 Å². The highest BCUT2D eigenvalue weighted by Gasteiger charge is 2.07. The van der Waals surface area contributed by atoms with Gasteiger partial charge in [-0.3, -0.25) is 14.7 Å². The summed E-state index contributed by atoms with van der Waals surface area (Å²) >= 11 is 5.77. The zero-order valence-corrected chi connectivity index (χ0v) is 10.8.